The minimum Gasteiger partial charge on any atom is -0.494 e. The number of hydrogen-bond acceptors (Lipinski definition) is 3. The molecule has 0 bridgehead atoms. The third-order valence-electron chi connectivity index (χ3n) is 3.54. The molecule has 0 saturated carbocycles. The first-order valence-corrected chi connectivity index (χ1v) is 7.75. The van der Waals surface area contributed by atoms with E-state index in [1.54, 1.807) is 0 Å². The molecule has 2 aromatic rings. The molecule has 0 saturated heterocycles. The van der Waals surface area contributed by atoms with Crippen LogP contribution in [-0.2, 0) is 13.0 Å². The Balaban J connectivity index is 2.26. The van der Waals surface area contributed by atoms with Crippen molar-refractivity contribution in [2.45, 2.75) is 39.8 Å². The Kier molecular flexibility index (Phi) is 5.81. The summed E-state index contributed by atoms with van der Waals surface area (Å²) in [7, 11) is 0. The zero-order valence-electron chi connectivity index (χ0n) is 13.2. The van der Waals surface area contributed by atoms with Crippen LogP contribution < -0.4 is 10.1 Å². The lowest BCUT2D eigenvalue weighted by atomic mass is 10.1. The van der Waals surface area contributed by atoms with Gasteiger partial charge in [-0.15, -0.1) is 0 Å². The van der Waals surface area contributed by atoms with Crippen LogP contribution in [0.5, 0.6) is 5.75 Å². The zero-order chi connectivity index (χ0) is 15.1. The first kappa shape index (κ1) is 15.6. The molecule has 0 amide bonds. The smallest absolute Gasteiger partial charge is 0.124 e. The normalized spacial score (nSPS) is 12.3. The van der Waals surface area contributed by atoms with E-state index in [2.05, 4.69) is 40.8 Å². The maximum Gasteiger partial charge on any atom is 0.124 e. The molecule has 1 unspecified atom stereocenters. The van der Waals surface area contributed by atoms with Crippen LogP contribution in [0.15, 0.2) is 36.7 Å². The fourth-order valence-corrected chi connectivity index (χ4v) is 2.59. The van der Waals surface area contributed by atoms with Crippen LogP contribution >= 0.6 is 0 Å². The summed E-state index contributed by atoms with van der Waals surface area (Å²) in [4.78, 5) is 4.40. The van der Waals surface area contributed by atoms with Gasteiger partial charge >= 0.3 is 0 Å². The van der Waals surface area contributed by atoms with E-state index in [1.165, 1.54) is 5.56 Å². The second-order valence-electron chi connectivity index (χ2n) is 4.93. The Hall–Kier alpha value is -1.81. The Labute approximate surface area is 127 Å². The van der Waals surface area contributed by atoms with E-state index in [1.807, 2.05) is 31.5 Å². The molecule has 1 heterocycles. The average Bonchev–Trinajstić information content (AvgIpc) is 2.95. The standard InChI is InChI=1S/C17H25N3O/c1-4-17-19-11-12-20(17)13-15(18-5-2)14-9-7-8-10-16(14)21-6-3/h7-12,15,18H,4-6,13H2,1-3H3. The molecule has 4 nitrogen and oxygen atoms in total. The van der Waals surface area contributed by atoms with Gasteiger partial charge in [0.25, 0.3) is 0 Å². The maximum atomic E-state index is 5.78. The lowest BCUT2D eigenvalue weighted by molar-refractivity contribution is 0.328. The highest BCUT2D eigenvalue weighted by molar-refractivity contribution is 5.36. The van der Waals surface area contributed by atoms with Gasteiger partial charge in [0, 0.05) is 30.9 Å². The average molecular weight is 287 g/mol. The number of rotatable bonds is 8. The van der Waals surface area contributed by atoms with Crippen molar-refractivity contribution in [1.29, 1.82) is 0 Å². The lowest BCUT2D eigenvalue weighted by Gasteiger charge is -2.22. The molecule has 0 spiro atoms. The number of aromatic nitrogens is 2. The van der Waals surface area contributed by atoms with Crippen molar-refractivity contribution >= 4 is 0 Å². The summed E-state index contributed by atoms with van der Waals surface area (Å²) >= 11 is 0. The van der Waals surface area contributed by atoms with Gasteiger partial charge in [0.1, 0.15) is 11.6 Å². The number of nitrogens with zero attached hydrogens (tertiary/aromatic N) is 2. The van der Waals surface area contributed by atoms with Gasteiger partial charge in [0.05, 0.1) is 12.6 Å². The highest BCUT2D eigenvalue weighted by Crippen LogP contribution is 2.26. The summed E-state index contributed by atoms with van der Waals surface area (Å²) in [5.41, 5.74) is 1.21. The molecular weight excluding hydrogens is 262 g/mol. The molecule has 0 radical (unpaired) electrons. The van der Waals surface area contributed by atoms with Gasteiger partial charge in [-0.3, -0.25) is 0 Å². The van der Waals surface area contributed by atoms with Crippen molar-refractivity contribution in [3.63, 3.8) is 0 Å². The van der Waals surface area contributed by atoms with Crippen LogP contribution in [0.3, 0.4) is 0 Å². The Bertz CT molecular complexity index is 550. The van der Waals surface area contributed by atoms with E-state index in [0.717, 1.165) is 31.1 Å². The molecule has 114 valence electrons. The van der Waals surface area contributed by atoms with E-state index in [4.69, 9.17) is 4.74 Å². The van der Waals surface area contributed by atoms with Gasteiger partial charge in [-0.25, -0.2) is 4.98 Å². The third-order valence-corrected chi connectivity index (χ3v) is 3.54. The fraction of sp³-hybridized carbons (Fsp3) is 0.471. The van der Waals surface area contributed by atoms with Crippen LogP contribution in [0.25, 0.3) is 0 Å². The quantitative estimate of drug-likeness (QED) is 0.810. The van der Waals surface area contributed by atoms with Gasteiger partial charge in [0.15, 0.2) is 0 Å². The highest BCUT2D eigenvalue weighted by Gasteiger charge is 2.16. The van der Waals surface area contributed by atoms with E-state index < -0.39 is 0 Å². The van der Waals surface area contributed by atoms with Crippen LogP contribution in [0.2, 0.25) is 0 Å². The van der Waals surface area contributed by atoms with Crippen LogP contribution in [0.4, 0.5) is 0 Å². The molecule has 21 heavy (non-hydrogen) atoms. The van der Waals surface area contributed by atoms with Crippen molar-refractivity contribution in [3.8, 4) is 5.75 Å². The first-order chi connectivity index (χ1) is 10.3. The number of ether oxygens (including phenoxy) is 1. The molecular formula is C17H25N3O. The van der Waals surface area contributed by atoms with Gasteiger partial charge in [0.2, 0.25) is 0 Å². The molecule has 1 aromatic carbocycles. The molecule has 2 rings (SSSR count). The lowest BCUT2D eigenvalue weighted by Crippen LogP contribution is -2.26. The number of hydrogen-bond donors (Lipinski definition) is 1. The van der Waals surface area contributed by atoms with Crippen molar-refractivity contribution < 1.29 is 4.74 Å². The molecule has 0 fully saturated rings. The molecule has 0 aliphatic carbocycles. The summed E-state index contributed by atoms with van der Waals surface area (Å²) in [5, 5.41) is 3.56. The van der Waals surface area contributed by atoms with Gasteiger partial charge in [-0.05, 0) is 19.5 Å². The van der Waals surface area contributed by atoms with Crippen LogP contribution in [0, 0.1) is 0 Å². The number of benzene rings is 1. The van der Waals surface area contributed by atoms with E-state index >= 15 is 0 Å². The minimum atomic E-state index is 0.220. The molecule has 0 aliphatic heterocycles. The molecule has 0 aliphatic rings. The fourth-order valence-electron chi connectivity index (χ4n) is 2.59. The Morgan fingerprint density at radius 3 is 2.76 bits per heavy atom. The van der Waals surface area contributed by atoms with Gasteiger partial charge in [-0.1, -0.05) is 32.0 Å². The Morgan fingerprint density at radius 2 is 2.05 bits per heavy atom. The molecule has 1 atom stereocenters. The number of para-hydroxylation sites is 1. The number of imidazole rings is 1. The highest BCUT2D eigenvalue weighted by atomic mass is 16.5. The summed E-state index contributed by atoms with van der Waals surface area (Å²) in [6.07, 6.45) is 4.86. The molecule has 1 aromatic heterocycles. The predicted molar refractivity (Wildman–Crippen MR) is 85.6 cm³/mol. The van der Waals surface area contributed by atoms with E-state index in [-0.39, 0.29) is 6.04 Å². The second-order valence-corrected chi connectivity index (χ2v) is 4.93. The first-order valence-electron chi connectivity index (χ1n) is 7.75. The van der Waals surface area contributed by atoms with Crippen molar-refractivity contribution in [2.75, 3.05) is 13.2 Å². The second kappa shape index (κ2) is 7.84. The van der Waals surface area contributed by atoms with Crippen molar-refractivity contribution in [2.24, 2.45) is 0 Å². The topological polar surface area (TPSA) is 39.1 Å². The van der Waals surface area contributed by atoms with Gasteiger partial charge in [-0.2, -0.15) is 0 Å². The Morgan fingerprint density at radius 1 is 1.24 bits per heavy atom. The maximum absolute atomic E-state index is 5.78. The zero-order valence-corrected chi connectivity index (χ0v) is 13.2. The SMILES string of the molecule is CCNC(Cn1ccnc1CC)c1ccccc1OCC. The number of likely N-dealkylation sites (N-methyl/N-ethyl adjacent to an activating group) is 1. The largest absolute Gasteiger partial charge is 0.494 e. The minimum absolute atomic E-state index is 0.220. The van der Waals surface area contributed by atoms with E-state index in [0.29, 0.717) is 6.61 Å². The van der Waals surface area contributed by atoms with E-state index in [9.17, 15) is 0 Å². The number of nitrogens with one attached hydrogen (secondary N) is 1. The van der Waals surface area contributed by atoms with Crippen molar-refractivity contribution in [1.82, 2.24) is 14.9 Å². The van der Waals surface area contributed by atoms with Gasteiger partial charge < -0.3 is 14.6 Å². The van der Waals surface area contributed by atoms with Crippen LogP contribution in [-0.4, -0.2) is 22.7 Å². The van der Waals surface area contributed by atoms with Crippen molar-refractivity contribution in [3.05, 3.63) is 48.0 Å². The summed E-state index contributed by atoms with van der Waals surface area (Å²) in [6.45, 7) is 8.74. The molecule has 1 N–H and O–H groups in total. The molecule has 4 heteroatoms. The third kappa shape index (κ3) is 3.85. The number of aryl methyl sites for hydroxylation is 1. The summed E-state index contributed by atoms with van der Waals surface area (Å²) < 4.78 is 7.99. The predicted octanol–water partition coefficient (Wildman–Crippen LogP) is 3.20. The summed E-state index contributed by atoms with van der Waals surface area (Å²) in [6, 6.07) is 8.49. The summed E-state index contributed by atoms with van der Waals surface area (Å²) in [5.74, 6) is 2.08. The van der Waals surface area contributed by atoms with Crippen LogP contribution in [0.1, 0.15) is 38.2 Å². The monoisotopic (exact) mass is 287 g/mol.